The molecule has 1 N–H and O–H groups in total. The number of carbonyl (C=O) groups excluding carboxylic acids is 3. The van der Waals surface area contributed by atoms with Crippen molar-refractivity contribution < 1.29 is 29.0 Å². The van der Waals surface area contributed by atoms with E-state index in [1.807, 2.05) is 45.1 Å². The maximum Gasteiger partial charge on any atom is 0.313 e. The van der Waals surface area contributed by atoms with Gasteiger partial charge in [-0.1, -0.05) is 57.9 Å². The van der Waals surface area contributed by atoms with Crippen molar-refractivity contribution in [1.29, 1.82) is 0 Å². The van der Waals surface area contributed by atoms with Gasteiger partial charge in [0.05, 0.1) is 30.8 Å². The van der Waals surface area contributed by atoms with Crippen LogP contribution in [0.25, 0.3) is 0 Å². The van der Waals surface area contributed by atoms with Crippen molar-refractivity contribution in [3.63, 3.8) is 0 Å². The van der Waals surface area contributed by atoms with E-state index in [-0.39, 0.29) is 30.9 Å². The molecule has 1 unspecified atom stereocenters. The summed E-state index contributed by atoms with van der Waals surface area (Å²) in [7, 11) is 0. The molecule has 194 valence electrons. The van der Waals surface area contributed by atoms with Gasteiger partial charge in [0.2, 0.25) is 11.8 Å². The highest BCUT2D eigenvalue weighted by Gasteiger charge is 2.75. The number of carbonyl (C=O) groups is 3. The van der Waals surface area contributed by atoms with Crippen molar-refractivity contribution in [2.24, 2.45) is 17.8 Å². The van der Waals surface area contributed by atoms with Crippen LogP contribution in [0.5, 0.6) is 0 Å². The average Bonchev–Trinajstić information content (AvgIpc) is 3.13. The number of ether oxygens (including phenoxy) is 2. The number of nitrogens with zero attached hydrogens (tertiary/aromatic N) is 2. The Morgan fingerprint density at radius 1 is 1.11 bits per heavy atom. The molecule has 1 spiro atoms. The number of rotatable bonds is 8. The van der Waals surface area contributed by atoms with E-state index in [0.29, 0.717) is 25.9 Å². The van der Waals surface area contributed by atoms with Crippen LogP contribution in [0.4, 0.5) is 0 Å². The van der Waals surface area contributed by atoms with E-state index in [9.17, 15) is 19.5 Å². The Morgan fingerprint density at radius 2 is 1.89 bits per heavy atom. The normalized spacial score (nSPS) is 35.4. The van der Waals surface area contributed by atoms with Crippen LogP contribution in [0.1, 0.15) is 59.8 Å². The van der Waals surface area contributed by atoms with Crippen LogP contribution in [-0.4, -0.2) is 82.3 Å². The quantitative estimate of drug-likeness (QED) is 0.320. The smallest absolute Gasteiger partial charge is 0.313 e. The van der Waals surface area contributed by atoms with Crippen LogP contribution in [-0.2, 0) is 23.9 Å². The monoisotopic (exact) mass is 488 g/mol. The molecule has 2 saturated heterocycles. The zero-order chi connectivity index (χ0) is 25.4. The van der Waals surface area contributed by atoms with Crippen molar-refractivity contribution >= 4 is 17.8 Å². The Morgan fingerprint density at radius 3 is 2.57 bits per heavy atom. The number of aliphatic hydroxyl groups is 1. The lowest BCUT2D eigenvalue weighted by atomic mass is 9.74. The fourth-order valence-electron chi connectivity index (χ4n) is 6.44. The minimum atomic E-state index is -1.30. The topological polar surface area (TPSA) is 96.4 Å². The maximum absolute atomic E-state index is 14.2. The minimum absolute atomic E-state index is 0.181. The summed E-state index contributed by atoms with van der Waals surface area (Å²) in [6.45, 7) is 8.97. The molecular formula is C27H40N2O6. The average molecular weight is 489 g/mol. The van der Waals surface area contributed by atoms with Gasteiger partial charge in [-0.05, 0) is 32.1 Å². The zero-order valence-corrected chi connectivity index (χ0v) is 21.4. The highest BCUT2D eigenvalue weighted by Crippen LogP contribution is 2.57. The molecule has 0 bridgehead atoms. The number of amides is 2. The van der Waals surface area contributed by atoms with Crippen molar-refractivity contribution in [3.8, 4) is 0 Å². The maximum atomic E-state index is 14.2. The second-order valence-electron chi connectivity index (χ2n) is 11.0. The van der Waals surface area contributed by atoms with Crippen LogP contribution in [0.15, 0.2) is 24.3 Å². The molecule has 35 heavy (non-hydrogen) atoms. The molecule has 2 amide bonds. The lowest BCUT2D eigenvalue weighted by Crippen LogP contribution is -2.59. The van der Waals surface area contributed by atoms with Crippen molar-refractivity contribution in [2.45, 2.75) is 83.1 Å². The van der Waals surface area contributed by atoms with E-state index in [4.69, 9.17) is 9.47 Å². The van der Waals surface area contributed by atoms with Crippen LogP contribution in [0.3, 0.4) is 0 Å². The zero-order valence-electron chi connectivity index (χ0n) is 21.4. The number of aliphatic hydroxyl groups excluding tert-OH is 1. The second-order valence-corrected chi connectivity index (χ2v) is 11.0. The third-order valence-corrected chi connectivity index (χ3v) is 7.92. The van der Waals surface area contributed by atoms with Gasteiger partial charge in [0.15, 0.2) is 0 Å². The van der Waals surface area contributed by atoms with Crippen LogP contribution < -0.4 is 0 Å². The molecule has 2 fully saturated rings. The number of fused-ring (bicyclic) bond motifs is 2. The standard InChI is InChI=1S/C27H40N2O6/c1-5-6-8-13-28-14-10-12-27-20(21-25(33)34-15-9-7-11-26(21,4)35-27)23(31)29(22(27)24(28)32)19(17-30)16-18(2)3/h7,10-12,18-22,30H,5-6,8-9,13-17H2,1-4H3/t19-,20+,21+,22?,26-,27+/m1/s1. The number of cyclic esters (lactones) is 1. The lowest BCUT2D eigenvalue weighted by Gasteiger charge is -2.40. The third-order valence-electron chi connectivity index (χ3n) is 7.92. The molecule has 0 saturated carbocycles. The SMILES string of the molecule is CCCCCN1CC=C[C@]23O[C@]4(C)C=CCCOC(=O)[C@@H]4[C@H]2C(=O)N([C@@H](CO)CC(C)C)C3C1=O. The molecule has 0 aromatic carbocycles. The van der Waals surface area contributed by atoms with Crippen molar-refractivity contribution in [2.75, 3.05) is 26.3 Å². The molecule has 6 atom stereocenters. The van der Waals surface area contributed by atoms with E-state index in [2.05, 4.69) is 6.92 Å². The number of hydrogen-bond acceptors (Lipinski definition) is 6. The molecule has 0 aromatic heterocycles. The predicted molar refractivity (Wildman–Crippen MR) is 130 cm³/mol. The summed E-state index contributed by atoms with van der Waals surface area (Å²) in [5, 5.41) is 10.3. The summed E-state index contributed by atoms with van der Waals surface area (Å²) in [5.74, 6) is -2.54. The summed E-state index contributed by atoms with van der Waals surface area (Å²) < 4.78 is 12.2. The molecule has 8 nitrogen and oxygen atoms in total. The number of likely N-dealkylation sites (tertiary alicyclic amines) is 1. The first-order valence-electron chi connectivity index (χ1n) is 13.1. The fourth-order valence-corrected chi connectivity index (χ4v) is 6.44. The van der Waals surface area contributed by atoms with Gasteiger partial charge in [-0.15, -0.1) is 0 Å². The highest BCUT2D eigenvalue weighted by molar-refractivity contribution is 5.99. The second kappa shape index (κ2) is 10.1. The van der Waals surface area contributed by atoms with E-state index in [1.54, 1.807) is 9.80 Å². The van der Waals surface area contributed by atoms with Gasteiger partial charge < -0.3 is 24.4 Å². The molecule has 0 aromatic rings. The van der Waals surface area contributed by atoms with Gasteiger partial charge in [0.1, 0.15) is 17.6 Å². The molecule has 8 heteroatoms. The molecule has 0 radical (unpaired) electrons. The number of unbranched alkanes of at least 4 members (excludes halogenated alkanes) is 2. The predicted octanol–water partition coefficient (Wildman–Crippen LogP) is 2.46. The molecule has 4 rings (SSSR count). The largest absolute Gasteiger partial charge is 0.465 e. The van der Waals surface area contributed by atoms with Crippen LogP contribution in [0.2, 0.25) is 0 Å². The summed E-state index contributed by atoms with van der Waals surface area (Å²) >= 11 is 0. The number of hydrogen-bond donors (Lipinski definition) is 1. The minimum Gasteiger partial charge on any atom is -0.465 e. The molecular weight excluding hydrogens is 448 g/mol. The Balaban J connectivity index is 1.83. The van der Waals surface area contributed by atoms with E-state index in [0.717, 1.165) is 19.3 Å². The third kappa shape index (κ3) is 4.33. The van der Waals surface area contributed by atoms with Gasteiger partial charge >= 0.3 is 5.97 Å². The molecule has 4 heterocycles. The van der Waals surface area contributed by atoms with Gasteiger partial charge in [-0.3, -0.25) is 14.4 Å². The number of esters is 1. The lowest BCUT2D eigenvalue weighted by molar-refractivity contribution is -0.162. The first-order chi connectivity index (χ1) is 16.7. The molecule has 0 aliphatic carbocycles. The van der Waals surface area contributed by atoms with Gasteiger partial charge in [0.25, 0.3) is 0 Å². The van der Waals surface area contributed by atoms with Crippen molar-refractivity contribution in [3.05, 3.63) is 24.3 Å². The van der Waals surface area contributed by atoms with Crippen molar-refractivity contribution in [1.82, 2.24) is 9.80 Å². The molecule has 4 aliphatic heterocycles. The van der Waals surface area contributed by atoms with Crippen LogP contribution >= 0.6 is 0 Å². The van der Waals surface area contributed by atoms with E-state index in [1.165, 1.54) is 0 Å². The Labute approximate surface area is 208 Å². The van der Waals surface area contributed by atoms with Gasteiger partial charge in [0, 0.05) is 13.1 Å². The Hall–Kier alpha value is -2.19. The van der Waals surface area contributed by atoms with E-state index < -0.39 is 41.1 Å². The summed E-state index contributed by atoms with van der Waals surface area (Å²) in [4.78, 5) is 44.9. The molecule has 4 aliphatic rings. The first kappa shape index (κ1) is 25.9. The van der Waals surface area contributed by atoms with Gasteiger partial charge in [-0.2, -0.15) is 0 Å². The van der Waals surface area contributed by atoms with E-state index >= 15 is 0 Å². The first-order valence-corrected chi connectivity index (χ1v) is 13.1. The Kier molecular flexibility index (Phi) is 7.44. The summed E-state index contributed by atoms with van der Waals surface area (Å²) in [6, 6.07) is -1.49. The summed E-state index contributed by atoms with van der Waals surface area (Å²) in [5.41, 5.74) is -2.37. The van der Waals surface area contributed by atoms with Crippen LogP contribution in [0, 0.1) is 17.8 Å². The Bertz CT molecular complexity index is 900. The van der Waals surface area contributed by atoms with Gasteiger partial charge in [-0.25, -0.2) is 0 Å². The summed E-state index contributed by atoms with van der Waals surface area (Å²) in [6.07, 6.45) is 11.6. The fraction of sp³-hybridized carbons (Fsp3) is 0.741. The highest BCUT2D eigenvalue weighted by atomic mass is 16.6.